The van der Waals surface area contributed by atoms with Crippen molar-refractivity contribution in [2.75, 3.05) is 12.8 Å². The van der Waals surface area contributed by atoms with E-state index >= 15 is 0 Å². The third-order valence-corrected chi connectivity index (χ3v) is 2.14. The average Bonchev–Trinajstić information content (AvgIpc) is 2.76. The summed E-state index contributed by atoms with van der Waals surface area (Å²) < 4.78 is 10.1. The van der Waals surface area contributed by atoms with Gasteiger partial charge >= 0.3 is 5.97 Å². The van der Waals surface area contributed by atoms with Crippen LogP contribution in [0.3, 0.4) is 0 Å². The lowest BCUT2D eigenvalue weighted by atomic mass is 10.3. The number of nitrogens with zero attached hydrogens (tertiary/aromatic N) is 1. The van der Waals surface area contributed by atoms with Gasteiger partial charge in [-0.25, -0.2) is 4.79 Å². The molecule has 0 atom stereocenters. The van der Waals surface area contributed by atoms with Crippen LogP contribution >= 0.6 is 0 Å². The maximum absolute atomic E-state index is 11.6. The van der Waals surface area contributed by atoms with Crippen molar-refractivity contribution in [2.24, 2.45) is 0 Å². The van der Waals surface area contributed by atoms with Gasteiger partial charge in [-0.05, 0) is 24.3 Å². The molecule has 0 saturated heterocycles. The van der Waals surface area contributed by atoms with Crippen molar-refractivity contribution in [3.8, 4) is 11.5 Å². The van der Waals surface area contributed by atoms with Crippen LogP contribution in [0.4, 0.5) is 5.69 Å². The minimum atomic E-state index is -0.579. The Morgan fingerprint density at radius 2 is 1.94 bits per heavy atom. The standard InChI is InChI=1S/C11H11N3O3/c1-16-7-2-4-8(5-3-7)17-11(15)10-9(12)6-13-14-10/h2-6H,12H2,1H3,(H,13,14). The molecule has 3 N–H and O–H groups in total. The van der Waals surface area contributed by atoms with Crippen molar-refractivity contribution >= 4 is 11.7 Å². The van der Waals surface area contributed by atoms with Crippen LogP contribution in [0, 0.1) is 0 Å². The van der Waals surface area contributed by atoms with E-state index < -0.39 is 5.97 Å². The highest BCUT2D eigenvalue weighted by molar-refractivity contribution is 5.94. The first-order valence-corrected chi connectivity index (χ1v) is 4.86. The Hall–Kier alpha value is -2.50. The van der Waals surface area contributed by atoms with E-state index in [0.29, 0.717) is 11.5 Å². The van der Waals surface area contributed by atoms with Crippen LogP contribution in [0.2, 0.25) is 0 Å². The molecule has 6 heteroatoms. The predicted octanol–water partition coefficient (Wildman–Crippen LogP) is 1.22. The summed E-state index contributed by atoms with van der Waals surface area (Å²) in [6, 6.07) is 6.64. The Bertz CT molecular complexity index is 519. The zero-order valence-electron chi connectivity index (χ0n) is 9.14. The molecule has 0 radical (unpaired) electrons. The number of nitrogen functional groups attached to an aromatic ring is 1. The summed E-state index contributed by atoms with van der Waals surface area (Å²) in [5.74, 6) is 0.515. The van der Waals surface area contributed by atoms with Gasteiger partial charge in [0.2, 0.25) is 0 Å². The fourth-order valence-corrected chi connectivity index (χ4v) is 1.26. The maximum atomic E-state index is 11.6. The number of nitrogens with one attached hydrogen (secondary N) is 1. The normalized spacial score (nSPS) is 9.94. The van der Waals surface area contributed by atoms with Gasteiger partial charge in [-0.15, -0.1) is 0 Å². The number of hydrogen-bond acceptors (Lipinski definition) is 5. The van der Waals surface area contributed by atoms with E-state index in [4.69, 9.17) is 15.2 Å². The zero-order chi connectivity index (χ0) is 12.3. The number of methoxy groups -OCH3 is 1. The van der Waals surface area contributed by atoms with E-state index in [-0.39, 0.29) is 11.4 Å². The highest BCUT2D eigenvalue weighted by Gasteiger charge is 2.14. The number of H-pyrrole nitrogens is 1. The Morgan fingerprint density at radius 1 is 1.29 bits per heavy atom. The number of carbonyl (C=O) groups is 1. The lowest BCUT2D eigenvalue weighted by Crippen LogP contribution is -2.11. The summed E-state index contributed by atoms with van der Waals surface area (Å²) in [7, 11) is 1.56. The van der Waals surface area contributed by atoms with Gasteiger partial charge in [-0.3, -0.25) is 5.10 Å². The number of carbonyl (C=O) groups excluding carboxylic acids is 1. The molecule has 2 rings (SSSR count). The minimum absolute atomic E-state index is 0.140. The molecule has 0 amide bonds. The Morgan fingerprint density at radius 3 is 2.47 bits per heavy atom. The van der Waals surface area contributed by atoms with Crippen LogP contribution in [0.25, 0.3) is 0 Å². The van der Waals surface area contributed by atoms with E-state index in [0.717, 1.165) is 0 Å². The van der Waals surface area contributed by atoms with Crippen LogP contribution in [0.5, 0.6) is 11.5 Å². The van der Waals surface area contributed by atoms with Crippen molar-refractivity contribution < 1.29 is 14.3 Å². The summed E-state index contributed by atoms with van der Waals surface area (Å²) in [4.78, 5) is 11.6. The van der Waals surface area contributed by atoms with E-state index in [2.05, 4.69) is 10.2 Å². The fraction of sp³-hybridized carbons (Fsp3) is 0.0909. The lowest BCUT2D eigenvalue weighted by Gasteiger charge is -2.04. The summed E-state index contributed by atoms with van der Waals surface area (Å²) in [5.41, 5.74) is 5.92. The van der Waals surface area contributed by atoms with Crippen LogP contribution in [-0.2, 0) is 0 Å². The molecule has 88 valence electrons. The van der Waals surface area contributed by atoms with Crippen molar-refractivity contribution in [3.05, 3.63) is 36.2 Å². The number of nitrogens with two attached hydrogens (primary N) is 1. The Kier molecular flexibility index (Phi) is 2.95. The van der Waals surface area contributed by atoms with Crippen molar-refractivity contribution in [1.29, 1.82) is 0 Å². The van der Waals surface area contributed by atoms with Crippen LogP contribution in [0.1, 0.15) is 10.5 Å². The second-order valence-electron chi connectivity index (χ2n) is 3.27. The molecule has 1 aromatic carbocycles. The van der Waals surface area contributed by atoms with Gasteiger partial charge in [-0.2, -0.15) is 5.10 Å². The number of hydrogen-bond donors (Lipinski definition) is 2. The van der Waals surface area contributed by atoms with Crippen LogP contribution in [-0.4, -0.2) is 23.3 Å². The molecule has 0 bridgehead atoms. The number of aromatic amines is 1. The van der Waals surface area contributed by atoms with Gasteiger partial charge in [0.15, 0.2) is 5.69 Å². The number of anilines is 1. The molecule has 1 heterocycles. The molecule has 0 aliphatic rings. The first kappa shape index (κ1) is 11.0. The van der Waals surface area contributed by atoms with E-state index in [1.165, 1.54) is 6.20 Å². The Balaban J connectivity index is 2.10. The van der Waals surface area contributed by atoms with Crippen LogP contribution in [0.15, 0.2) is 30.5 Å². The lowest BCUT2D eigenvalue weighted by molar-refractivity contribution is 0.0729. The highest BCUT2D eigenvalue weighted by Crippen LogP contribution is 2.18. The smallest absolute Gasteiger partial charge is 0.363 e. The number of esters is 1. The molecule has 17 heavy (non-hydrogen) atoms. The summed E-state index contributed by atoms with van der Waals surface area (Å²) in [6.45, 7) is 0. The summed E-state index contributed by atoms with van der Waals surface area (Å²) in [5, 5.41) is 6.11. The molecule has 0 unspecified atom stereocenters. The fourth-order valence-electron chi connectivity index (χ4n) is 1.26. The minimum Gasteiger partial charge on any atom is -0.497 e. The van der Waals surface area contributed by atoms with Gasteiger partial charge in [0, 0.05) is 0 Å². The number of ether oxygens (including phenoxy) is 2. The van der Waals surface area contributed by atoms with Gasteiger partial charge in [-0.1, -0.05) is 0 Å². The van der Waals surface area contributed by atoms with E-state index in [1.807, 2.05) is 0 Å². The van der Waals surface area contributed by atoms with Crippen LogP contribution < -0.4 is 15.2 Å². The SMILES string of the molecule is COc1ccc(OC(=O)c2[nH]ncc2N)cc1. The van der Waals surface area contributed by atoms with Gasteiger partial charge in [0.25, 0.3) is 0 Å². The molecule has 0 saturated carbocycles. The number of benzene rings is 1. The first-order chi connectivity index (χ1) is 8.20. The third-order valence-electron chi connectivity index (χ3n) is 2.14. The molecule has 0 spiro atoms. The molecular weight excluding hydrogens is 222 g/mol. The molecule has 0 aliphatic carbocycles. The first-order valence-electron chi connectivity index (χ1n) is 4.86. The Labute approximate surface area is 97.3 Å². The monoisotopic (exact) mass is 233 g/mol. The van der Waals surface area contributed by atoms with Gasteiger partial charge in [0.1, 0.15) is 11.5 Å². The third kappa shape index (κ3) is 2.36. The second-order valence-corrected chi connectivity index (χ2v) is 3.27. The molecular formula is C11H11N3O3. The molecule has 2 aromatic rings. The van der Waals surface area contributed by atoms with Crippen molar-refractivity contribution in [3.63, 3.8) is 0 Å². The largest absolute Gasteiger partial charge is 0.497 e. The number of rotatable bonds is 3. The molecule has 0 fully saturated rings. The predicted molar refractivity (Wildman–Crippen MR) is 61.0 cm³/mol. The highest BCUT2D eigenvalue weighted by atomic mass is 16.5. The molecule has 6 nitrogen and oxygen atoms in total. The summed E-state index contributed by atoms with van der Waals surface area (Å²) >= 11 is 0. The quantitative estimate of drug-likeness (QED) is 0.614. The van der Waals surface area contributed by atoms with Gasteiger partial charge in [0.05, 0.1) is 19.0 Å². The van der Waals surface area contributed by atoms with E-state index in [9.17, 15) is 4.79 Å². The maximum Gasteiger partial charge on any atom is 0.363 e. The van der Waals surface area contributed by atoms with Crippen molar-refractivity contribution in [1.82, 2.24) is 10.2 Å². The van der Waals surface area contributed by atoms with E-state index in [1.54, 1.807) is 31.4 Å². The summed E-state index contributed by atoms with van der Waals surface area (Å²) in [6.07, 6.45) is 1.35. The molecule has 1 aromatic heterocycles. The number of aromatic nitrogens is 2. The second kappa shape index (κ2) is 4.56. The van der Waals surface area contributed by atoms with Crippen molar-refractivity contribution in [2.45, 2.75) is 0 Å². The van der Waals surface area contributed by atoms with Gasteiger partial charge < -0.3 is 15.2 Å². The average molecular weight is 233 g/mol. The topological polar surface area (TPSA) is 90.2 Å². The zero-order valence-corrected chi connectivity index (χ0v) is 9.14. The molecule has 0 aliphatic heterocycles.